The second kappa shape index (κ2) is 6.56. The minimum Gasteiger partial charge on any atom is -0.361 e. The van der Waals surface area contributed by atoms with Gasteiger partial charge in [-0.2, -0.15) is 0 Å². The van der Waals surface area contributed by atoms with Crippen molar-refractivity contribution in [2.45, 2.75) is 19.4 Å². The topological polar surface area (TPSA) is 61.6 Å². The summed E-state index contributed by atoms with van der Waals surface area (Å²) in [5.41, 5.74) is 0.425. The molecule has 3 heterocycles. The van der Waals surface area contributed by atoms with Crippen molar-refractivity contribution in [1.29, 1.82) is 0 Å². The van der Waals surface area contributed by atoms with Crippen LogP contribution in [0, 0.1) is 6.92 Å². The Morgan fingerprint density at radius 3 is 2.70 bits per heavy atom. The summed E-state index contributed by atoms with van der Waals surface area (Å²) in [6.07, 6.45) is 1.22. The molecule has 1 atom stereocenters. The lowest BCUT2D eigenvalue weighted by Gasteiger charge is -2.37. The van der Waals surface area contributed by atoms with E-state index in [0.717, 1.165) is 39.3 Å². The number of nitrogens with zero attached hydrogens (tertiary/aromatic N) is 3. The molecule has 0 spiro atoms. The van der Waals surface area contributed by atoms with Crippen LogP contribution in [0.5, 0.6) is 0 Å². The molecular formula is C13H21ClN4O2. The van der Waals surface area contributed by atoms with Gasteiger partial charge in [0, 0.05) is 44.8 Å². The van der Waals surface area contributed by atoms with Crippen molar-refractivity contribution in [2.75, 3.05) is 39.3 Å². The molecule has 2 fully saturated rings. The third kappa shape index (κ3) is 3.13. The Bertz CT molecular complexity index is 451. The van der Waals surface area contributed by atoms with Crippen LogP contribution >= 0.6 is 12.4 Å². The van der Waals surface area contributed by atoms with Gasteiger partial charge in [-0.05, 0) is 19.9 Å². The first-order valence-corrected chi connectivity index (χ1v) is 6.91. The van der Waals surface area contributed by atoms with Crippen LogP contribution in [0.25, 0.3) is 0 Å². The fourth-order valence-corrected chi connectivity index (χ4v) is 2.87. The van der Waals surface area contributed by atoms with E-state index in [2.05, 4.69) is 15.4 Å². The first kappa shape index (κ1) is 15.3. The maximum atomic E-state index is 12.2. The molecule has 20 heavy (non-hydrogen) atoms. The van der Waals surface area contributed by atoms with Crippen molar-refractivity contribution in [2.24, 2.45) is 0 Å². The number of carbonyl (C=O) groups is 1. The minimum absolute atomic E-state index is 0. The maximum absolute atomic E-state index is 12.2. The number of rotatable bonds is 2. The van der Waals surface area contributed by atoms with Crippen molar-refractivity contribution in [1.82, 2.24) is 20.3 Å². The molecule has 0 saturated carbocycles. The molecule has 2 saturated heterocycles. The molecular weight excluding hydrogens is 280 g/mol. The Balaban J connectivity index is 0.00000147. The predicted molar refractivity (Wildman–Crippen MR) is 77.2 cm³/mol. The molecule has 0 radical (unpaired) electrons. The Morgan fingerprint density at radius 1 is 1.40 bits per heavy atom. The van der Waals surface area contributed by atoms with Gasteiger partial charge in [0.05, 0.1) is 0 Å². The number of carbonyl (C=O) groups excluding carboxylic acids is 1. The van der Waals surface area contributed by atoms with Crippen LogP contribution in [0.2, 0.25) is 0 Å². The summed E-state index contributed by atoms with van der Waals surface area (Å²) in [6.45, 7) is 7.46. The maximum Gasteiger partial charge on any atom is 0.276 e. The Kier molecular flexibility index (Phi) is 5.01. The lowest BCUT2D eigenvalue weighted by Crippen LogP contribution is -2.52. The molecule has 1 N–H and O–H groups in total. The fourth-order valence-electron chi connectivity index (χ4n) is 2.87. The quantitative estimate of drug-likeness (QED) is 0.863. The van der Waals surface area contributed by atoms with Crippen molar-refractivity contribution < 1.29 is 9.32 Å². The molecule has 2 aliphatic heterocycles. The highest BCUT2D eigenvalue weighted by Crippen LogP contribution is 2.14. The summed E-state index contributed by atoms with van der Waals surface area (Å²) in [5, 5.41) is 7.19. The van der Waals surface area contributed by atoms with Gasteiger partial charge >= 0.3 is 0 Å². The van der Waals surface area contributed by atoms with Crippen molar-refractivity contribution >= 4 is 18.3 Å². The number of nitrogens with one attached hydrogen (secondary N) is 1. The number of amides is 1. The van der Waals surface area contributed by atoms with E-state index in [1.165, 1.54) is 6.42 Å². The molecule has 1 aromatic heterocycles. The monoisotopic (exact) mass is 300 g/mol. The Labute approximate surface area is 124 Å². The summed E-state index contributed by atoms with van der Waals surface area (Å²) in [5.74, 6) is 0.667. The first-order valence-electron chi connectivity index (χ1n) is 6.91. The lowest BCUT2D eigenvalue weighted by atomic mass is 10.2. The van der Waals surface area contributed by atoms with Gasteiger partial charge in [-0.25, -0.2) is 0 Å². The number of aryl methyl sites for hydroxylation is 1. The van der Waals surface area contributed by atoms with Crippen LogP contribution in [0.3, 0.4) is 0 Å². The number of piperazine rings is 1. The van der Waals surface area contributed by atoms with Gasteiger partial charge in [0.1, 0.15) is 5.76 Å². The van der Waals surface area contributed by atoms with E-state index in [1.807, 2.05) is 4.90 Å². The normalized spacial score (nSPS) is 23.6. The molecule has 1 unspecified atom stereocenters. The van der Waals surface area contributed by atoms with E-state index >= 15 is 0 Å². The second-order valence-electron chi connectivity index (χ2n) is 5.30. The zero-order chi connectivity index (χ0) is 13.2. The van der Waals surface area contributed by atoms with Gasteiger partial charge < -0.3 is 14.7 Å². The first-order chi connectivity index (χ1) is 9.24. The minimum atomic E-state index is -0.0129. The summed E-state index contributed by atoms with van der Waals surface area (Å²) in [4.78, 5) is 16.6. The number of hydrogen-bond donors (Lipinski definition) is 1. The molecule has 1 aromatic rings. The van der Waals surface area contributed by atoms with Crippen LogP contribution in [0.15, 0.2) is 10.6 Å². The Morgan fingerprint density at radius 2 is 2.15 bits per heavy atom. The summed E-state index contributed by atoms with van der Waals surface area (Å²) < 4.78 is 4.96. The van der Waals surface area contributed by atoms with Gasteiger partial charge in [-0.15, -0.1) is 12.4 Å². The highest BCUT2D eigenvalue weighted by molar-refractivity contribution is 5.92. The zero-order valence-electron chi connectivity index (χ0n) is 11.7. The van der Waals surface area contributed by atoms with Gasteiger partial charge in [-0.1, -0.05) is 5.16 Å². The van der Waals surface area contributed by atoms with Crippen molar-refractivity contribution in [3.05, 3.63) is 17.5 Å². The molecule has 2 aliphatic rings. The third-order valence-corrected chi connectivity index (χ3v) is 4.00. The third-order valence-electron chi connectivity index (χ3n) is 4.00. The lowest BCUT2D eigenvalue weighted by molar-refractivity contribution is 0.0574. The average Bonchev–Trinajstić information content (AvgIpc) is 3.09. The summed E-state index contributed by atoms with van der Waals surface area (Å²) in [6, 6.07) is 2.35. The molecule has 112 valence electrons. The number of halogens is 1. The van der Waals surface area contributed by atoms with Crippen LogP contribution < -0.4 is 5.32 Å². The standard InChI is InChI=1S/C13H20N4O2.ClH/c1-10-8-12(15-19-10)13(18)17-6-4-16(5-7-17)11-2-3-14-9-11;/h8,11,14H,2-7,9H2,1H3;1H. The summed E-state index contributed by atoms with van der Waals surface area (Å²) in [7, 11) is 0. The number of hydrogen-bond acceptors (Lipinski definition) is 5. The van der Waals surface area contributed by atoms with E-state index < -0.39 is 0 Å². The van der Waals surface area contributed by atoms with Crippen LogP contribution in [0.4, 0.5) is 0 Å². The SMILES string of the molecule is Cc1cc(C(=O)N2CCN(C3CCNC3)CC2)no1.Cl. The smallest absolute Gasteiger partial charge is 0.276 e. The second-order valence-corrected chi connectivity index (χ2v) is 5.30. The molecule has 6 nitrogen and oxygen atoms in total. The van der Waals surface area contributed by atoms with Crippen LogP contribution in [-0.4, -0.2) is 66.2 Å². The largest absolute Gasteiger partial charge is 0.361 e. The fraction of sp³-hybridized carbons (Fsp3) is 0.692. The van der Waals surface area contributed by atoms with E-state index in [9.17, 15) is 4.79 Å². The van der Waals surface area contributed by atoms with Gasteiger partial charge in [0.2, 0.25) is 0 Å². The highest BCUT2D eigenvalue weighted by atomic mass is 35.5. The van der Waals surface area contributed by atoms with Crippen LogP contribution in [-0.2, 0) is 0 Å². The molecule has 3 rings (SSSR count). The van der Waals surface area contributed by atoms with Gasteiger partial charge in [0.25, 0.3) is 5.91 Å². The van der Waals surface area contributed by atoms with Gasteiger partial charge in [0.15, 0.2) is 5.69 Å². The summed E-state index contributed by atoms with van der Waals surface area (Å²) >= 11 is 0. The molecule has 0 aromatic carbocycles. The van der Waals surface area contributed by atoms with Gasteiger partial charge in [-0.3, -0.25) is 9.69 Å². The van der Waals surface area contributed by atoms with E-state index in [1.54, 1.807) is 13.0 Å². The Hall–Kier alpha value is -1.11. The molecule has 0 aliphatic carbocycles. The molecule has 0 bridgehead atoms. The van der Waals surface area contributed by atoms with Crippen molar-refractivity contribution in [3.8, 4) is 0 Å². The van der Waals surface area contributed by atoms with Crippen LogP contribution in [0.1, 0.15) is 22.7 Å². The molecule has 1 amide bonds. The average molecular weight is 301 g/mol. The molecule has 7 heteroatoms. The number of aromatic nitrogens is 1. The van der Waals surface area contributed by atoms with E-state index in [0.29, 0.717) is 17.5 Å². The van der Waals surface area contributed by atoms with E-state index in [4.69, 9.17) is 4.52 Å². The van der Waals surface area contributed by atoms with E-state index in [-0.39, 0.29) is 18.3 Å². The predicted octanol–water partition coefficient (Wildman–Crippen LogP) is 0.525. The zero-order valence-corrected chi connectivity index (χ0v) is 12.5. The highest BCUT2D eigenvalue weighted by Gasteiger charge is 2.28. The van der Waals surface area contributed by atoms with Crippen molar-refractivity contribution in [3.63, 3.8) is 0 Å².